The molecule has 16 heavy (non-hydrogen) atoms. The fourth-order valence-electron chi connectivity index (χ4n) is 2.22. The number of hydrogen-bond acceptors (Lipinski definition) is 2. The molecule has 2 heteroatoms. The molecule has 1 rings (SSSR count). The van der Waals surface area contributed by atoms with Crippen LogP contribution in [-0.2, 0) is 9.47 Å². The zero-order valence-electron chi connectivity index (χ0n) is 12.1. The molecule has 1 aliphatic rings. The van der Waals surface area contributed by atoms with Gasteiger partial charge in [-0.1, -0.05) is 41.5 Å². The van der Waals surface area contributed by atoms with Crippen molar-refractivity contribution in [2.24, 2.45) is 17.3 Å². The zero-order chi connectivity index (χ0) is 12.7. The van der Waals surface area contributed by atoms with Gasteiger partial charge in [-0.25, -0.2) is 0 Å². The second-order valence-electron chi connectivity index (χ2n) is 6.99. The van der Waals surface area contributed by atoms with E-state index in [4.69, 9.17) is 9.47 Å². The minimum atomic E-state index is -0.439. The van der Waals surface area contributed by atoms with E-state index in [2.05, 4.69) is 41.5 Å². The van der Waals surface area contributed by atoms with Gasteiger partial charge < -0.3 is 9.47 Å². The lowest BCUT2D eigenvalue weighted by molar-refractivity contribution is -0.157. The number of hydrogen-bond donors (Lipinski definition) is 0. The molecule has 1 heterocycles. The van der Waals surface area contributed by atoms with Crippen molar-refractivity contribution < 1.29 is 9.47 Å². The Balaban J connectivity index is 2.89. The van der Waals surface area contributed by atoms with Gasteiger partial charge in [0, 0.05) is 0 Å². The molecule has 3 atom stereocenters. The largest absolute Gasteiger partial charge is 0.344 e. The Hall–Kier alpha value is -0.0800. The third-order valence-electron chi connectivity index (χ3n) is 3.55. The second kappa shape index (κ2) is 4.30. The van der Waals surface area contributed by atoms with E-state index in [-0.39, 0.29) is 17.6 Å². The van der Waals surface area contributed by atoms with E-state index < -0.39 is 5.79 Å². The van der Waals surface area contributed by atoms with Gasteiger partial charge in [-0.15, -0.1) is 0 Å². The summed E-state index contributed by atoms with van der Waals surface area (Å²) in [4.78, 5) is 0. The third-order valence-corrected chi connectivity index (χ3v) is 3.55. The number of rotatable bonds is 2. The molecule has 0 N–H and O–H groups in total. The van der Waals surface area contributed by atoms with Gasteiger partial charge in [-0.05, 0) is 31.1 Å². The van der Waals surface area contributed by atoms with Crippen molar-refractivity contribution in [2.45, 2.75) is 73.4 Å². The Morgan fingerprint density at radius 3 is 1.88 bits per heavy atom. The Morgan fingerprint density at radius 1 is 1.00 bits per heavy atom. The van der Waals surface area contributed by atoms with Crippen LogP contribution in [0.25, 0.3) is 0 Å². The predicted molar refractivity (Wildman–Crippen MR) is 67.3 cm³/mol. The normalized spacial score (nSPS) is 32.1. The van der Waals surface area contributed by atoms with Crippen LogP contribution in [-0.4, -0.2) is 18.0 Å². The summed E-state index contributed by atoms with van der Waals surface area (Å²) in [6, 6.07) is 0. The first-order valence-corrected chi connectivity index (χ1v) is 6.40. The average molecular weight is 228 g/mol. The maximum absolute atomic E-state index is 6.09. The lowest BCUT2D eigenvalue weighted by atomic mass is 9.79. The summed E-state index contributed by atoms with van der Waals surface area (Å²) in [5.41, 5.74) is 0.127. The van der Waals surface area contributed by atoms with E-state index in [0.717, 1.165) is 0 Å². The maximum Gasteiger partial charge on any atom is 0.163 e. The molecule has 0 spiro atoms. The van der Waals surface area contributed by atoms with Crippen molar-refractivity contribution in [3.63, 3.8) is 0 Å². The third kappa shape index (κ3) is 2.98. The first kappa shape index (κ1) is 14.0. The fourth-order valence-corrected chi connectivity index (χ4v) is 2.22. The molecule has 0 aromatic heterocycles. The van der Waals surface area contributed by atoms with Gasteiger partial charge in [0.2, 0.25) is 0 Å². The topological polar surface area (TPSA) is 18.5 Å². The van der Waals surface area contributed by atoms with Gasteiger partial charge in [-0.2, -0.15) is 0 Å². The molecule has 0 radical (unpaired) electrons. The number of ether oxygens (including phenoxy) is 2. The van der Waals surface area contributed by atoms with Crippen LogP contribution in [0.3, 0.4) is 0 Å². The van der Waals surface area contributed by atoms with E-state index in [0.29, 0.717) is 11.8 Å². The van der Waals surface area contributed by atoms with Gasteiger partial charge in [0.1, 0.15) is 0 Å². The highest BCUT2D eigenvalue weighted by atomic mass is 16.8. The van der Waals surface area contributed by atoms with Crippen LogP contribution >= 0.6 is 0 Å². The molecule has 1 aliphatic heterocycles. The van der Waals surface area contributed by atoms with Crippen molar-refractivity contribution in [2.75, 3.05) is 0 Å². The van der Waals surface area contributed by atoms with Crippen LogP contribution in [0.2, 0.25) is 0 Å². The van der Waals surface area contributed by atoms with E-state index in [1.807, 2.05) is 13.8 Å². The average Bonchev–Trinajstić information content (AvgIpc) is 2.39. The zero-order valence-corrected chi connectivity index (χ0v) is 12.1. The van der Waals surface area contributed by atoms with Crippen LogP contribution < -0.4 is 0 Å². The van der Waals surface area contributed by atoms with Crippen molar-refractivity contribution in [1.29, 1.82) is 0 Å². The van der Waals surface area contributed by atoms with E-state index >= 15 is 0 Å². The van der Waals surface area contributed by atoms with E-state index in [9.17, 15) is 0 Å². The second-order valence-corrected chi connectivity index (χ2v) is 6.99. The predicted octanol–water partition coefficient (Wildman–Crippen LogP) is 3.84. The van der Waals surface area contributed by atoms with Gasteiger partial charge >= 0.3 is 0 Å². The molecule has 3 unspecified atom stereocenters. The SMILES string of the molecule is CC(C)C(C)C1OC(C)(C)OC1C(C)(C)C. The summed E-state index contributed by atoms with van der Waals surface area (Å²) < 4.78 is 12.2. The summed E-state index contributed by atoms with van der Waals surface area (Å²) in [6.07, 6.45) is 0.384. The van der Waals surface area contributed by atoms with Crippen LogP contribution in [0.5, 0.6) is 0 Å². The molecule has 0 aromatic carbocycles. The molecular weight excluding hydrogens is 200 g/mol. The van der Waals surface area contributed by atoms with Gasteiger partial charge in [-0.3, -0.25) is 0 Å². The van der Waals surface area contributed by atoms with Crippen LogP contribution in [0.15, 0.2) is 0 Å². The van der Waals surface area contributed by atoms with Crippen molar-refractivity contribution in [3.05, 3.63) is 0 Å². The highest BCUT2D eigenvalue weighted by Gasteiger charge is 2.48. The standard InChI is InChI=1S/C14H28O2/c1-9(2)10(3)11-12(13(4,5)6)16-14(7,8)15-11/h9-12H,1-8H3. The summed E-state index contributed by atoms with van der Waals surface area (Å²) in [5, 5.41) is 0. The van der Waals surface area contributed by atoms with Gasteiger partial charge in [0.25, 0.3) is 0 Å². The molecular formula is C14H28O2. The minimum absolute atomic E-state index is 0.127. The highest BCUT2D eigenvalue weighted by molar-refractivity contribution is 4.92. The van der Waals surface area contributed by atoms with Gasteiger partial charge in [0.05, 0.1) is 12.2 Å². The fraction of sp³-hybridized carbons (Fsp3) is 1.00. The summed E-state index contributed by atoms with van der Waals surface area (Å²) >= 11 is 0. The molecule has 96 valence electrons. The van der Waals surface area contributed by atoms with E-state index in [1.165, 1.54) is 0 Å². The van der Waals surface area contributed by atoms with Crippen LogP contribution in [0.1, 0.15) is 55.4 Å². The first-order chi connectivity index (χ1) is 7.04. The Labute approximate surface area is 101 Å². The summed E-state index contributed by atoms with van der Waals surface area (Å²) in [5.74, 6) is 0.699. The molecule has 1 saturated heterocycles. The quantitative estimate of drug-likeness (QED) is 0.715. The monoisotopic (exact) mass is 228 g/mol. The minimum Gasteiger partial charge on any atom is -0.344 e. The van der Waals surface area contributed by atoms with Crippen LogP contribution in [0, 0.1) is 17.3 Å². The highest BCUT2D eigenvalue weighted by Crippen LogP contribution is 2.41. The van der Waals surface area contributed by atoms with Gasteiger partial charge in [0.15, 0.2) is 5.79 Å². The lowest BCUT2D eigenvalue weighted by Gasteiger charge is -2.33. The van der Waals surface area contributed by atoms with Crippen molar-refractivity contribution in [1.82, 2.24) is 0 Å². The van der Waals surface area contributed by atoms with Crippen molar-refractivity contribution >= 4 is 0 Å². The molecule has 0 bridgehead atoms. The Bertz CT molecular complexity index is 238. The lowest BCUT2D eigenvalue weighted by Crippen LogP contribution is -2.40. The Kier molecular flexibility index (Phi) is 3.76. The van der Waals surface area contributed by atoms with E-state index in [1.54, 1.807) is 0 Å². The van der Waals surface area contributed by atoms with Crippen LogP contribution in [0.4, 0.5) is 0 Å². The summed E-state index contributed by atoms with van der Waals surface area (Å²) in [6.45, 7) is 17.5. The Morgan fingerprint density at radius 2 is 1.50 bits per heavy atom. The molecule has 0 amide bonds. The molecule has 0 saturated carbocycles. The molecule has 1 fully saturated rings. The van der Waals surface area contributed by atoms with Crippen molar-refractivity contribution in [3.8, 4) is 0 Å². The molecule has 0 aliphatic carbocycles. The smallest absolute Gasteiger partial charge is 0.163 e. The molecule has 2 nitrogen and oxygen atoms in total. The first-order valence-electron chi connectivity index (χ1n) is 6.40. The maximum atomic E-state index is 6.09. The summed E-state index contributed by atoms with van der Waals surface area (Å²) in [7, 11) is 0. The molecule has 0 aromatic rings.